The summed E-state index contributed by atoms with van der Waals surface area (Å²) in [4.78, 5) is 6.81. The van der Waals surface area contributed by atoms with Gasteiger partial charge in [0.15, 0.2) is 0 Å². The van der Waals surface area contributed by atoms with E-state index in [1.165, 1.54) is 17.6 Å². The molecule has 1 N–H and O–H groups in total. The molecule has 0 saturated carbocycles. The van der Waals surface area contributed by atoms with Crippen LogP contribution < -0.4 is 0 Å². The van der Waals surface area contributed by atoms with E-state index in [2.05, 4.69) is 74.1 Å². The minimum atomic E-state index is -1.06. The van der Waals surface area contributed by atoms with Crippen molar-refractivity contribution in [3.8, 4) is 0 Å². The number of aliphatic hydroxyl groups is 1. The number of benzene rings is 1. The van der Waals surface area contributed by atoms with Crippen LogP contribution in [-0.4, -0.2) is 35.1 Å². The van der Waals surface area contributed by atoms with Crippen molar-refractivity contribution in [1.82, 2.24) is 9.88 Å². The van der Waals surface area contributed by atoms with Gasteiger partial charge in [0.05, 0.1) is 0 Å². The lowest BCUT2D eigenvalue weighted by atomic mass is 9.62. The molecule has 0 radical (unpaired) electrons. The summed E-state index contributed by atoms with van der Waals surface area (Å²) >= 11 is 0. The molecular formula is C25H32N2O. The van der Waals surface area contributed by atoms with Crippen LogP contribution in [-0.2, 0) is 5.60 Å². The molecule has 2 heterocycles. The van der Waals surface area contributed by atoms with Gasteiger partial charge in [-0.25, -0.2) is 0 Å². The van der Waals surface area contributed by atoms with E-state index in [0.717, 1.165) is 42.6 Å². The Morgan fingerprint density at radius 3 is 2.39 bits per heavy atom. The Hall–Kier alpha value is -1.97. The fraction of sp³-hybridized carbons (Fsp3) is 0.480. The summed E-state index contributed by atoms with van der Waals surface area (Å²) < 4.78 is 0. The minimum Gasteiger partial charge on any atom is -0.380 e. The van der Waals surface area contributed by atoms with Crippen molar-refractivity contribution in [3.63, 3.8) is 0 Å². The number of nitrogens with zero attached hydrogens (tertiary/aromatic N) is 2. The Morgan fingerprint density at radius 1 is 1.11 bits per heavy atom. The molecule has 148 valence electrons. The average molecular weight is 377 g/mol. The summed E-state index contributed by atoms with van der Waals surface area (Å²) in [5, 5.41) is 12.3. The molecule has 1 unspecified atom stereocenters. The second-order valence-electron chi connectivity index (χ2n) is 9.30. The van der Waals surface area contributed by atoms with E-state index >= 15 is 0 Å². The number of aromatic nitrogens is 1. The number of rotatable bonds is 5. The van der Waals surface area contributed by atoms with Crippen LogP contribution in [0.4, 0.5) is 0 Å². The van der Waals surface area contributed by atoms with E-state index in [4.69, 9.17) is 0 Å². The molecule has 1 atom stereocenters. The van der Waals surface area contributed by atoms with Crippen LogP contribution in [0.25, 0.3) is 5.57 Å². The molecule has 28 heavy (non-hydrogen) atoms. The molecular weight excluding hydrogens is 344 g/mol. The monoisotopic (exact) mass is 376 g/mol. The van der Waals surface area contributed by atoms with Gasteiger partial charge in [-0.05, 0) is 60.6 Å². The zero-order chi connectivity index (χ0) is 19.9. The van der Waals surface area contributed by atoms with E-state index in [0.29, 0.717) is 5.92 Å². The van der Waals surface area contributed by atoms with E-state index in [9.17, 15) is 5.11 Å². The molecule has 0 spiro atoms. The molecule has 3 heteroatoms. The van der Waals surface area contributed by atoms with Gasteiger partial charge in [-0.1, -0.05) is 51.1 Å². The second-order valence-corrected chi connectivity index (χ2v) is 9.30. The topological polar surface area (TPSA) is 36.4 Å². The smallest absolute Gasteiger partial charge is 0.124 e. The van der Waals surface area contributed by atoms with Gasteiger partial charge in [0, 0.05) is 36.5 Å². The van der Waals surface area contributed by atoms with Gasteiger partial charge >= 0.3 is 0 Å². The Balaban J connectivity index is 1.81. The van der Waals surface area contributed by atoms with Gasteiger partial charge in [-0.2, -0.15) is 0 Å². The minimum absolute atomic E-state index is 0.245. The number of likely N-dealkylation sites (tertiary alicyclic amines) is 1. The first-order valence-corrected chi connectivity index (χ1v) is 10.5. The van der Waals surface area contributed by atoms with Crippen LogP contribution in [0.15, 0.2) is 48.8 Å². The van der Waals surface area contributed by atoms with Crippen molar-refractivity contribution in [1.29, 1.82) is 0 Å². The van der Waals surface area contributed by atoms with Crippen LogP contribution in [0.3, 0.4) is 0 Å². The van der Waals surface area contributed by atoms with E-state index in [1.54, 1.807) is 0 Å². The Labute approximate surface area is 169 Å². The Morgan fingerprint density at radius 2 is 1.82 bits per heavy atom. The zero-order valence-electron chi connectivity index (χ0n) is 17.6. The maximum Gasteiger partial charge on any atom is 0.124 e. The van der Waals surface area contributed by atoms with E-state index in [-0.39, 0.29) is 5.41 Å². The molecule has 1 fully saturated rings. The highest BCUT2D eigenvalue weighted by atomic mass is 16.3. The van der Waals surface area contributed by atoms with Crippen molar-refractivity contribution >= 4 is 5.57 Å². The van der Waals surface area contributed by atoms with Crippen LogP contribution in [0.1, 0.15) is 68.2 Å². The maximum atomic E-state index is 12.3. The number of hydrogen-bond donors (Lipinski definition) is 1. The first-order valence-electron chi connectivity index (χ1n) is 10.5. The van der Waals surface area contributed by atoms with Gasteiger partial charge in [-0.3, -0.25) is 4.98 Å². The highest BCUT2D eigenvalue weighted by Crippen LogP contribution is 2.50. The van der Waals surface area contributed by atoms with Crippen LogP contribution in [0.5, 0.6) is 0 Å². The molecule has 0 bridgehead atoms. The van der Waals surface area contributed by atoms with Crippen molar-refractivity contribution in [3.05, 3.63) is 71.1 Å². The van der Waals surface area contributed by atoms with Crippen LogP contribution >= 0.6 is 0 Å². The summed E-state index contributed by atoms with van der Waals surface area (Å²) in [5.74, 6) is 0.479. The number of hydrogen-bond acceptors (Lipinski definition) is 3. The van der Waals surface area contributed by atoms with Crippen molar-refractivity contribution in [2.24, 2.45) is 5.41 Å². The quantitative estimate of drug-likeness (QED) is 0.801. The molecule has 1 aromatic heterocycles. The lowest BCUT2D eigenvalue weighted by molar-refractivity contribution is -0.127. The molecule has 3 nitrogen and oxygen atoms in total. The lowest BCUT2D eigenvalue weighted by Gasteiger charge is -2.56. The predicted octanol–water partition coefficient (Wildman–Crippen LogP) is 4.96. The van der Waals surface area contributed by atoms with Gasteiger partial charge in [0.2, 0.25) is 0 Å². The SMILES string of the molecule is CC(C)c1ccc(C(O)(c2cncc(C3=CCCC3)c2)C2(C)CN(C)C2)cc1. The first kappa shape index (κ1) is 19.4. The number of pyridine rings is 1. The lowest BCUT2D eigenvalue weighted by Crippen LogP contribution is -2.63. The van der Waals surface area contributed by atoms with Crippen molar-refractivity contribution in [2.75, 3.05) is 20.1 Å². The third-order valence-corrected chi connectivity index (χ3v) is 6.67. The highest BCUT2D eigenvalue weighted by Gasteiger charge is 2.55. The first-order chi connectivity index (χ1) is 13.3. The van der Waals surface area contributed by atoms with Crippen LogP contribution in [0.2, 0.25) is 0 Å². The van der Waals surface area contributed by atoms with Gasteiger partial charge < -0.3 is 10.0 Å². The summed E-state index contributed by atoms with van der Waals surface area (Å²) in [5.41, 5.74) is 4.39. The molecule has 1 aliphatic carbocycles. The standard InChI is InChI=1S/C25H32N2O/c1-18(2)19-9-11-22(12-10-19)25(28,24(3)16-27(4)17-24)23-13-21(14-26-15-23)20-7-5-6-8-20/h7,9-15,18,28H,5-6,8,16-17H2,1-4H3. The number of allylic oxidation sites excluding steroid dienone is 2. The largest absolute Gasteiger partial charge is 0.380 e. The van der Waals surface area contributed by atoms with Gasteiger partial charge in [0.1, 0.15) is 5.60 Å². The van der Waals surface area contributed by atoms with Crippen LogP contribution in [0, 0.1) is 5.41 Å². The summed E-state index contributed by atoms with van der Waals surface area (Å²) in [6.07, 6.45) is 9.58. The fourth-order valence-electron chi connectivity index (χ4n) is 5.09. The van der Waals surface area contributed by atoms with Crippen molar-refractivity contribution in [2.45, 2.75) is 51.6 Å². The van der Waals surface area contributed by atoms with Gasteiger partial charge in [-0.15, -0.1) is 0 Å². The maximum absolute atomic E-state index is 12.3. The molecule has 1 aliphatic heterocycles. The fourth-order valence-corrected chi connectivity index (χ4v) is 5.09. The molecule has 1 aromatic carbocycles. The van der Waals surface area contributed by atoms with E-state index < -0.39 is 5.60 Å². The molecule has 0 amide bonds. The second kappa shape index (κ2) is 7.13. The average Bonchev–Trinajstić information content (AvgIpc) is 3.21. The predicted molar refractivity (Wildman–Crippen MR) is 115 cm³/mol. The highest BCUT2D eigenvalue weighted by molar-refractivity contribution is 5.67. The summed E-state index contributed by atoms with van der Waals surface area (Å²) in [6.45, 7) is 8.33. The van der Waals surface area contributed by atoms with Gasteiger partial charge in [0.25, 0.3) is 0 Å². The third-order valence-electron chi connectivity index (χ3n) is 6.67. The molecule has 2 aromatic rings. The zero-order valence-corrected chi connectivity index (χ0v) is 17.6. The third kappa shape index (κ3) is 3.11. The Kier molecular flexibility index (Phi) is 4.93. The van der Waals surface area contributed by atoms with Crippen molar-refractivity contribution < 1.29 is 5.11 Å². The molecule has 1 saturated heterocycles. The Bertz CT molecular complexity index is 878. The molecule has 2 aliphatic rings. The normalized spacial score (nSPS) is 21.3. The molecule has 4 rings (SSSR count). The summed E-state index contributed by atoms with van der Waals surface area (Å²) in [7, 11) is 2.11. The summed E-state index contributed by atoms with van der Waals surface area (Å²) in [6, 6.07) is 10.7. The van der Waals surface area contributed by atoms with E-state index in [1.807, 2.05) is 12.4 Å².